The van der Waals surface area contributed by atoms with Crippen LogP contribution in [-0.2, 0) is 14.3 Å². The highest BCUT2D eigenvalue weighted by Crippen LogP contribution is 2.39. The van der Waals surface area contributed by atoms with Crippen LogP contribution in [0.4, 0.5) is 0 Å². The van der Waals surface area contributed by atoms with Crippen molar-refractivity contribution in [2.45, 2.75) is 10.8 Å². The highest BCUT2D eigenvalue weighted by molar-refractivity contribution is 7.99. The fourth-order valence-electron chi connectivity index (χ4n) is 1.91. The van der Waals surface area contributed by atoms with E-state index in [1.54, 1.807) is 11.8 Å². The minimum Gasteiger partial charge on any atom is -0.480 e. The summed E-state index contributed by atoms with van der Waals surface area (Å²) in [5.41, 5.74) is 1.07. The lowest BCUT2D eigenvalue weighted by Gasteiger charge is -2.11. The number of rotatable bonds is 6. The van der Waals surface area contributed by atoms with E-state index in [9.17, 15) is 9.59 Å². The molecule has 2 rings (SSSR count). The van der Waals surface area contributed by atoms with Gasteiger partial charge in [-0.3, -0.25) is 4.79 Å². The molecule has 0 radical (unpaired) electrons. The Balaban J connectivity index is 1.77. The molecule has 6 heteroatoms. The molecule has 2 N–H and O–H groups in total. The summed E-state index contributed by atoms with van der Waals surface area (Å²) >= 11 is 1.68. The smallest absolute Gasteiger partial charge is 0.329 e. The fourth-order valence-corrected chi connectivity index (χ4v) is 3.14. The molecule has 19 heavy (non-hydrogen) atoms. The predicted octanol–water partition coefficient (Wildman–Crippen LogP) is 1.09. The van der Waals surface area contributed by atoms with Gasteiger partial charge in [-0.2, -0.15) is 0 Å². The third-order valence-electron chi connectivity index (χ3n) is 2.79. The van der Waals surface area contributed by atoms with Crippen molar-refractivity contribution in [1.82, 2.24) is 5.32 Å². The number of benzene rings is 1. The molecular formula is C13H15NO4S. The van der Waals surface area contributed by atoms with Gasteiger partial charge in [0, 0.05) is 17.2 Å². The van der Waals surface area contributed by atoms with E-state index < -0.39 is 5.97 Å². The second-order valence-electron chi connectivity index (χ2n) is 4.14. The van der Waals surface area contributed by atoms with Crippen LogP contribution in [0, 0.1) is 0 Å². The second kappa shape index (κ2) is 6.58. The molecule has 0 saturated heterocycles. The predicted molar refractivity (Wildman–Crippen MR) is 71.4 cm³/mol. The number of aliphatic carboxylic acids is 1. The lowest BCUT2D eigenvalue weighted by molar-refractivity contribution is -0.142. The van der Waals surface area contributed by atoms with Crippen molar-refractivity contribution in [3.8, 4) is 0 Å². The zero-order chi connectivity index (χ0) is 13.7. The quantitative estimate of drug-likeness (QED) is 0.764. The summed E-state index contributed by atoms with van der Waals surface area (Å²) < 4.78 is 4.86. The Morgan fingerprint density at radius 3 is 3.00 bits per heavy atom. The van der Waals surface area contributed by atoms with Gasteiger partial charge in [-0.15, -0.1) is 11.8 Å². The van der Waals surface area contributed by atoms with E-state index in [1.165, 1.54) is 0 Å². The third kappa shape index (κ3) is 3.71. The van der Waals surface area contributed by atoms with Crippen LogP contribution in [0.25, 0.3) is 0 Å². The van der Waals surface area contributed by atoms with Crippen LogP contribution in [0.1, 0.15) is 11.5 Å². The number of carbonyl (C=O) groups is 2. The van der Waals surface area contributed by atoms with Crippen molar-refractivity contribution < 1.29 is 19.4 Å². The average molecular weight is 281 g/mol. The van der Waals surface area contributed by atoms with E-state index in [-0.39, 0.29) is 25.0 Å². The van der Waals surface area contributed by atoms with Crippen LogP contribution in [0.3, 0.4) is 0 Å². The largest absolute Gasteiger partial charge is 0.480 e. The maximum absolute atomic E-state index is 12.0. The number of carboxylic acids is 1. The molecule has 1 atom stereocenters. The molecular weight excluding hydrogens is 266 g/mol. The first kappa shape index (κ1) is 13.9. The van der Waals surface area contributed by atoms with Crippen molar-refractivity contribution in [2.75, 3.05) is 25.5 Å². The van der Waals surface area contributed by atoms with E-state index in [4.69, 9.17) is 9.84 Å². The number of thioether (sulfide) groups is 1. The van der Waals surface area contributed by atoms with Gasteiger partial charge >= 0.3 is 5.97 Å². The Morgan fingerprint density at radius 1 is 1.42 bits per heavy atom. The lowest BCUT2D eigenvalue weighted by atomic mass is 10.0. The highest BCUT2D eigenvalue weighted by atomic mass is 32.2. The van der Waals surface area contributed by atoms with Crippen molar-refractivity contribution in [3.63, 3.8) is 0 Å². The van der Waals surface area contributed by atoms with E-state index in [2.05, 4.69) is 5.32 Å². The molecule has 1 heterocycles. The Kier molecular flexibility index (Phi) is 4.81. The second-order valence-corrected chi connectivity index (χ2v) is 5.20. The van der Waals surface area contributed by atoms with Crippen molar-refractivity contribution in [1.29, 1.82) is 0 Å². The normalized spacial score (nSPS) is 16.9. The van der Waals surface area contributed by atoms with Gasteiger partial charge in [0.2, 0.25) is 5.91 Å². The number of hydrogen-bond acceptors (Lipinski definition) is 4. The van der Waals surface area contributed by atoms with Gasteiger partial charge in [0.05, 0.1) is 12.5 Å². The number of carbonyl (C=O) groups excluding carboxylic acids is 1. The Morgan fingerprint density at radius 2 is 2.21 bits per heavy atom. The van der Waals surface area contributed by atoms with Crippen molar-refractivity contribution in [2.24, 2.45) is 0 Å². The van der Waals surface area contributed by atoms with E-state index in [0.29, 0.717) is 6.54 Å². The molecule has 1 aromatic rings. The van der Waals surface area contributed by atoms with Gasteiger partial charge in [0.15, 0.2) is 0 Å². The van der Waals surface area contributed by atoms with Crippen LogP contribution < -0.4 is 5.32 Å². The molecule has 0 spiro atoms. The standard InChI is InChI=1S/C13H15NO4S/c15-12(16)7-18-6-5-14-13(17)10-8-19-11-4-2-1-3-9(10)11/h1-4,10H,5-8H2,(H,14,17)(H,15,16). The summed E-state index contributed by atoms with van der Waals surface area (Å²) in [6.07, 6.45) is 0. The maximum atomic E-state index is 12.0. The van der Waals surface area contributed by atoms with Gasteiger partial charge in [0.1, 0.15) is 6.61 Å². The Bertz CT molecular complexity index is 477. The third-order valence-corrected chi connectivity index (χ3v) is 3.97. The van der Waals surface area contributed by atoms with Gasteiger partial charge in [-0.1, -0.05) is 18.2 Å². The fraction of sp³-hybridized carbons (Fsp3) is 0.385. The lowest BCUT2D eigenvalue weighted by Crippen LogP contribution is -2.32. The average Bonchev–Trinajstić information content (AvgIpc) is 2.81. The summed E-state index contributed by atoms with van der Waals surface area (Å²) in [7, 11) is 0. The van der Waals surface area contributed by atoms with Crippen LogP contribution in [-0.4, -0.2) is 42.5 Å². The first-order chi connectivity index (χ1) is 9.18. The highest BCUT2D eigenvalue weighted by Gasteiger charge is 2.28. The zero-order valence-corrected chi connectivity index (χ0v) is 11.1. The van der Waals surface area contributed by atoms with Gasteiger partial charge in [-0.25, -0.2) is 4.79 Å². The van der Waals surface area contributed by atoms with E-state index in [0.717, 1.165) is 16.2 Å². The van der Waals surface area contributed by atoms with Gasteiger partial charge < -0.3 is 15.2 Å². The number of nitrogens with one attached hydrogen (secondary N) is 1. The van der Waals surface area contributed by atoms with Crippen LogP contribution in [0.2, 0.25) is 0 Å². The molecule has 1 aliphatic rings. The molecule has 102 valence electrons. The summed E-state index contributed by atoms with van der Waals surface area (Å²) in [5.74, 6) is -0.411. The molecule has 5 nitrogen and oxygen atoms in total. The first-order valence-electron chi connectivity index (χ1n) is 5.97. The minimum atomic E-state index is -1.01. The maximum Gasteiger partial charge on any atom is 0.329 e. The molecule has 0 aliphatic carbocycles. The number of carboxylic acid groups (broad SMARTS) is 1. The minimum absolute atomic E-state index is 0.0311. The van der Waals surface area contributed by atoms with Crippen molar-refractivity contribution in [3.05, 3.63) is 29.8 Å². The number of ether oxygens (including phenoxy) is 1. The molecule has 0 aromatic heterocycles. The zero-order valence-electron chi connectivity index (χ0n) is 10.3. The molecule has 1 unspecified atom stereocenters. The molecule has 1 aliphatic heterocycles. The van der Waals surface area contributed by atoms with E-state index in [1.807, 2.05) is 24.3 Å². The van der Waals surface area contributed by atoms with Gasteiger partial charge in [0.25, 0.3) is 0 Å². The number of amides is 1. The molecule has 0 saturated carbocycles. The summed E-state index contributed by atoms with van der Waals surface area (Å²) in [4.78, 5) is 23.4. The topological polar surface area (TPSA) is 75.6 Å². The first-order valence-corrected chi connectivity index (χ1v) is 6.96. The molecule has 0 fully saturated rings. The van der Waals surface area contributed by atoms with E-state index >= 15 is 0 Å². The number of fused-ring (bicyclic) bond motifs is 1. The molecule has 1 amide bonds. The molecule has 0 bridgehead atoms. The monoisotopic (exact) mass is 281 g/mol. The van der Waals surface area contributed by atoms with Crippen molar-refractivity contribution >= 4 is 23.6 Å². The van der Waals surface area contributed by atoms with Gasteiger partial charge in [-0.05, 0) is 11.6 Å². The molecule has 1 aromatic carbocycles. The summed E-state index contributed by atoms with van der Waals surface area (Å²) in [6.45, 7) is 0.201. The van der Waals surface area contributed by atoms with Crippen LogP contribution >= 0.6 is 11.8 Å². The number of hydrogen-bond donors (Lipinski definition) is 2. The SMILES string of the molecule is O=C(O)COCCNC(=O)C1CSc2ccccc21. The summed E-state index contributed by atoms with van der Waals surface area (Å²) in [6, 6.07) is 7.89. The Labute approximate surface area is 115 Å². The summed E-state index contributed by atoms with van der Waals surface area (Å²) in [5, 5.41) is 11.2. The van der Waals surface area contributed by atoms with Crippen LogP contribution in [0.15, 0.2) is 29.2 Å². The Hall–Kier alpha value is -1.53. The van der Waals surface area contributed by atoms with Crippen LogP contribution in [0.5, 0.6) is 0 Å².